The SMILES string of the molecule is CCCCN(CC)C(=O)/C=C\c1ccc(OC)c(N)c1. The van der Waals surface area contributed by atoms with Gasteiger partial charge in [-0.25, -0.2) is 0 Å². The summed E-state index contributed by atoms with van der Waals surface area (Å²) in [5.41, 5.74) is 7.30. The molecule has 0 saturated carbocycles. The van der Waals surface area contributed by atoms with Gasteiger partial charge < -0.3 is 15.4 Å². The summed E-state index contributed by atoms with van der Waals surface area (Å²) in [7, 11) is 1.58. The number of nitrogens with two attached hydrogens (primary N) is 1. The number of methoxy groups -OCH3 is 1. The van der Waals surface area contributed by atoms with Crippen molar-refractivity contribution in [2.24, 2.45) is 0 Å². The molecule has 110 valence electrons. The van der Waals surface area contributed by atoms with Crippen molar-refractivity contribution in [1.82, 2.24) is 4.90 Å². The van der Waals surface area contributed by atoms with Crippen LogP contribution in [0.25, 0.3) is 6.08 Å². The summed E-state index contributed by atoms with van der Waals surface area (Å²) >= 11 is 0. The van der Waals surface area contributed by atoms with E-state index < -0.39 is 0 Å². The molecule has 1 aromatic rings. The Kier molecular flexibility index (Phi) is 6.64. The number of carbonyl (C=O) groups is 1. The summed E-state index contributed by atoms with van der Waals surface area (Å²) in [6, 6.07) is 5.47. The first-order chi connectivity index (χ1) is 9.62. The fraction of sp³-hybridized carbons (Fsp3) is 0.438. The van der Waals surface area contributed by atoms with E-state index in [1.807, 2.05) is 17.9 Å². The highest BCUT2D eigenvalue weighted by Crippen LogP contribution is 2.22. The van der Waals surface area contributed by atoms with E-state index in [9.17, 15) is 4.79 Å². The molecule has 0 radical (unpaired) electrons. The summed E-state index contributed by atoms with van der Waals surface area (Å²) in [6.45, 7) is 5.65. The first kappa shape index (κ1) is 16.1. The maximum atomic E-state index is 12.0. The molecule has 2 N–H and O–H groups in total. The van der Waals surface area contributed by atoms with Crippen LogP contribution in [0, 0.1) is 0 Å². The van der Waals surface area contributed by atoms with Crippen LogP contribution in [-0.2, 0) is 4.79 Å². The molecule has 0 saturated heterocycles. The number of benzene rings is 1. The number of rotatable bonds is 7. The molecule has 1 rings (SSSR count). The molecule has 0 unspecified atom stereocenters. The number of nitrogen functional groups attached to an aromatic ring is 1. The van der Waals surface area contributed by atoms with E-state index >= 15 is 0 Å². The van der Waals surface area contributed by atoms with Crippen molar-refractivity contribution in [2.45, 2.75) is 26.7 Å². The minimum Gasteiger partial charge on any atom is -0.495 e. The molecule has 1 amide bonds. The number of carbonyl (C=O) groups excluding carboxylic acids is 1. The van der Waals surface area contributed by atoms with Crippen LogP contribution in [0.2, 0.25) is 0 Å². The molecule has 4 heteroatoms. The van der Waals surface area contributed by atoms with Crippen LogP contribution < -0.4 is 10.5 Å². The van der Waals surface area contributed by atoms with Gasteiger partial charge >= 0.3 is 0 Å². The zero-order valence-electron chi connectivity index (χ0n) is 12.6. The Morgan fingerprint density at radius 1 is 1.40 bits per heavy atom. The van der Waals surface area contributed by atoms with Gasteiger partial charge in [0.2, 0.25) is 5.91 Å². The second kappa shape index (κ2) is 8.25. The van der Waals surface area contributed by atoms with Crippen LogP contribution >= 0.6 is 0 Å². The maximum Gasteiger partial charge on any atom is 0.246 e. The quantitative estimate of drug-likeness (QED) is 0.615. The number of likely N-dealkylation sites (N-methyl/N-ethyl adjacent to an activating group) is 1. The van der Waals surface area contributed by atoms with Crippen molar-refractivity contribution in [3.8, 4) is 5.75 Å². The molecule has 0 aromatic heterocycles. The topological polar surface area (TPSA) is 55.6 Å². The molecule has 0 bridgehead atoms. The van der Waals surface area contributed by atoms with Gasteiger partial charge in [0.15, 0.2) is 0 Å². The lowest BCUT2D eigenvalue weighted by Crippen LogP contribution is -2.30. The Morgan fingerprint density at radius 2 is 2.15 bits per heavy atom. The second-order valence-electron chi connectivity index (χ2n) is 4.61. The Balaban J connectivity index is 2.70. The molecule has 4 nitrogen and oxygen atoms in total. The summed E-state index contributed by atoms with van der Waals surface area (Å²) in [5.74, 6) is 0.682. The molecule has 1 aromatic carbocycles. The predicted octanol–water partition coefficient (Wildman–Crippen LogP) is 2.94. The lowest BCUT2D eigenvalue weighted by atomic mass is 10.1. The number of hydrogen-bond donors (Lipinski definition) is 1. The fourth-order valence-electron chi connectivity index (χ4n) is 1.90. The van der Waals surface area contributed by atoms with Gasteiger partial charge in [0.05, 0.1) is 12.8 Å². The molecule has 0 aliphatic heterocycles. The molecule has 0 aliphatic rings. The van der Waals surface area contributed by atoms with Crippen molar-refractivity contribution in [2.75, 3.05) is 25.9 Å². The third kappa shape index (κ3) is 4.61. The number of nitrogens with zero attached hydrogens (tertiary/aromatic N) is 1. The Labute approximate surface area is 121 Å². The number of hydrogen-bond acceptors (Lipinski definition) is 3. The Bertz CT molecular complexity index is 470. The highest BCUT2D eigenvalue weighted by atomic mass is 16.5. The zero-order valence-corrected chi connectivity index (χ0v) is 12.6. The molecular formula is C16H24N2O2. The van der Waals surface area contributed by atoms with E-state index in [1.54, 1.807) is 31.4 Å². The number of unbranched alkanes of at least 4 members (excludes halogenated alkanes) is 1. The fourth-order valence-corrected chi connectivity index (χ4v) is 1.90. The van der Waals surface area contributed by atoms with E-state index in [0.29, 0.717) is 11.4 Å². The van der Waals surface area contributed by atoms with Crippen LogP contribution in [0.5, 0.6) is 5.75 Å². The largest absolute Gasteiger partial charge is 0.495 e. The third-order valence-electron chi connectivity index (χ3n) is 3.15. The first-order valence-electron chi connectivity index (χ1n) is 7.02. The number of anilines is 1. The number of amides is 1. The van der Waals surface area contributed by atoms with E-state index in [0.717, 1.165) is 31.5 Å². The normalized spacial score (nSPS) is 10.8. The lowest BCUT2D eigenvalue weighted by molar-refractivity contribution is -0.125. The average molecular weight is 276 g/mol. The highest BCUT2D eigenvalue weighted by molar-refractivity contribution is 5.92. The van der Waals surface area contributed by atoms with E-state index in [-0.39, 0.29) is 5.91 Å². The van der Waals surface area contributed by atoms with E-state index in [1.165, 1.54) is 0 Å². The van der Waals surface area contributed by atoms with Crippen molar-refractivity contribution in [3.05, 3.63) is 29.8 Å². The van der Waals surface area contributed by atoms with E-state index in [2.05, 4.69) is 6.92 Å². The monoisotopic (exact) mass is 276 g/mol. The second-order valence-corrected chi connectivity index (χ2v) is 4.61. The zero-order chi connectivity index (χ0) is 15.0. The van der Waals surface area contributed by atoms with Gasteiger partial charge in [-0.1, -0.05) is 19.4 Å². The van der Waals surface area contributed by atoms with Crippen LogP contribution in [0.4, 0.5) is 5.69 Å². The van der Waals surface area contributed by atoms with E-state index in [4.69, 9.17) is 10.5 Å². The van der Waals surface area contributed by atoms with Crippen molar-refractivity contribution in [3.63, 3.8) is 0 Å². The van der Waals surface area contributed by atoms with Gasteiger partial charge in [-0.3, -0.25) is 4.79 Å². The smallest absolute Gasteiger partial charge is 0.246 e. The highest BCUT2D eigenvalue weighted by Gasteiger charge is 2.07. The van der Waals surface area contributed by atoms with Crippen molar-refractivity contribution in [1.29, 1.82) is 0 Å². The van der Waals surface area contributed by atoms with Gasteiger partial charge in [-0.05, 0) is 37.1 Å². The Hall–Kier alpha value is -1.97. The predicted molar refractivity (Wildman–Crippen MR) is 83.6 cm³/mol. The maximum absolute atomic E-state index is 12.0. The minimum atomic E-state index is 0.0374. The van der Waals surface area contributed by atoms with Gasteiger partial charge in [0.1, 0.15) is 5.75 Å². The van der Waals surface area contributed by atoms with Crippen LogP contribution in [0.15, 0.2) is 24.3 Å². The standard InChI is InChI=1S/C16H24N2O2/c1-4-6-11-18(5-2)16(19)10-8-13-7-9-15(20-3)14(17)12-13/h7-10,12H,4-6,11,17H2,1-3H3/b10-8-. The molecule has 20 heavy (non-hydrogen) atoms. The Morgan fingerprint density at radius 3 is 2.70 bits per heavy atom. The molecule has 0 atom stereocenters. The molecule has 0 aliphatic carbocycles. The number of ether oxygens (including phenoxy) is 1. The third-order valence-corrected chi connectivity index (χ3v) is 3.15. The van der Waals surface area contributed by atoms with Gasteiger partial charge in [-0.15, -0.1) is 0 Å². The molecule has 0 spiro atoms. The van der Waals surface area contributed by atoms with Gasteiger partial charge in [0.25, 0.3) is 0 Å². The van der Waals surface area contributed by atoms with Crippen LogP contribution in [0.1, 0.15) is 32.3 Å². The van der Waals surface area contributed by atoms with Gasteiger partial charge in [0, 0.05) is 19.2 Å². The van der Waals surface area contributed by atoms with Crippen molar-refractivity contribution >= 4 is 17.7 Å². The lowest BCUT2D eigenvalue weighted by Gasteiger charge is -2.18. The van der Waals surface area contributed by atoms with Crippen LogP contribution in [0.3, 0.4) is 0 Å². The van der Waals surface area contributed by atoms with Crippen molar-refractivity contribution < 1.29 is 9.53 Å². The summed E-state index contributed by atoms with van der Waals surface area (Å²) < 4.78 is 5.10. The van der Waals surface area contributed by atoms with Crippen LogP contribution in [-0.4, -0.2) is 31.0 Å². The average Bonchev–Trinajstić information content (AvgIpc) is 2.46. The summed E-state index contributed by atoms with van der Waals surface area (Å²) in [5, 5.41) is 0. The first-order valence-corrected chi connectivity index (χ1v) is 7.02. The summed E-state index contributed by atoms with van der Waals surface area (Å²) in [6.07, 6.45) is 5.50. The molecule has 0 fully saturated rings. The minimum absolute atomic E-state index is 0.0374. The van der Waals surface area contributed by atoms with Gasteiger partial charge in [-0.2, -0.15) is 0 Å². The molecular weight excluding hydrogens is 252 g/mol. The summed E-state index contributed by atoms with van der Waals surface area (Å²) in [4.78, 5) is 13.9. The molecule has 0 heterocycles.